The van der Waals surface area contributed by atoms with Gasteiger partial charge in [-0.15, -0.1) is 11.3 Å². The van der Waals surface area contributed by atoms with Gasteiger partial charge in [-0.25, -0.2) is 9.78 Å². The van der Waals surface area contributed by atoms with Crippen molar-refractivity contribution in [2.24, 2.45) is 0 Å². The van der Waals surface area contributed by atoms with E-state index in [1.54, 1.807) is 23.7 Å². The predicted octanol–water partition coefficient (Wildman–Crippen LogP) is 3.90. The van der Waals surface area contributed by atoms with Gasteiger partial charge in [0.05, 0.1) is 22.5 Å². The molecule has 0 unspecified atom stereocenters. The zero-order valence-corrected chi connectivity index (χ0v) is 11.1. The molecule has 0 bridgehead atoms. The van der Waals surface area contributed by atoms with Crippen molar-refractivity contribution in [1.29, 1.82) is 0 Å². The maximum Gasteiger partial charge on any atom is 0.358 e. The minimum atomic E-state index is -0.479. The number of thiazole rings is 1. The molecule has 2 aromatic rings. The topological polar surface area (TPSA) is 39.2 Å². The fourth-order valence-corrected chi connectivity index (χ4v) is 2.73. The molecule has 1 heterocycles. The number of benzene rings is 1. The second-order valence-corrected chi connectivity index (χ2v) is 4.84. The van der Waals surface area contributed by atoms with Crippen LogP contribution in [0.3, 0.4) is 0 Å². The van der Waals surface area contributed by atoms with Crippen LogP contribution in [-0.2, 0) is 4.74 Å². The van der Waals surface area contributed by atoms with E-state index in [4.69, 9.17) is 23.2 Å². The zero-order valence-electron chi connectivity index (χ0n) is 8.74. The van der Waals surface area contributed by atoms with E-state index < -0.39 is 5.97 Å². The van der Waals surface area contributed by atoms with Gasteiger partial charge in [-0.2, -0.15) is 0 Å². The average Bonchev–Trinajstić information content (AvgIpc) is 2.77. The number of carbonyl (C=O) groups excluding carboxylic acids is 1. The number of aromatic nitrogens is 1. The van der Waals surface area contributed by atoms with Crippen molar-refractivity contribution in [3.05, 3.63) is 39.4 Å². The molecule has 1 aromatic heterocycles. The van der Waals surface area contributed by atoms with Gasteiger partial charge >= 0.3 is 5.97 Å². The van der Waals surface area contributed by atoms with Crippen LogP contribution in [0.2, 0.25) is 10.0 Å². The number of hydrogen-bond donors (Lipinski definition) is 0. The first-order chi connectivity index (χ1) is 8.13. The van der Waals surface area contributed by atoms with Gasteiger partial charge in [0.2, 0.25) is 0 Å². The highest BCUT2D eigenvalue weighted by Gasteiger charge is 2.18. The van der Waals surface area contributed by atoms with Crippen LogP contribution >= 0.6 is 34.5 Å². The van der Waals surface area contributed by atoms with Crippen molar-refractivity contribution >= 4 is 40.5 Å². The van der Waals surface area contributed by atoms with Gasteiger partial charge in [-0.3, -0.25) is 0 Å². The fraction of sp³-hybridized carbons (Fsp3) is 0.0909. The summed E-state index contributed by atoms with van der Waals surface area (Å²) in [6.45, 7) is 0. The summed E-state index contributed by atoms with van der Waals surface area (Å²) in [4.78, 5) is 16.2. The molecule has 0 amide bonds. The number of carbonyl (C=O) groups is 1. The smallest absolute Gasteiger partial charge is 0.358 e. The predicted molar refractivity (Wildman–Crippen MR) is 68.9 cm³/mol. The second kappa shape index (κ2) is 5.04. The molecular weight excluding hydrogens is 281 g/mol. The number of esters is 1. The van der Waals surface area contributed by atoms with Crippen LogP contribution in [0.15, 0.2) is 23.7 Å². The lowest BCUT2D eigenvalue weighted by Crippen LogP contribution is -2.03. The molecule has 0 atom stereocenters. The number of nitrogens with zero attached hydrogens (tertiary/aromatic N) is 1. The Balaban J connectivity index is 2.53. The molecule has 0 saturated heterocycles. The standard InChI is InChI=1S/C11H7Cl2NO2S/c1-16-11(15)9-10(17-5-14-9)7-3-2-6(12)4-8(7)13/h2-5H,1H3. The zero-order chi connectivity index (χ0) is 12.4. The van der Waals surface area contributed by atoms with Crippen molar-refractivity contribution in [2.45, 2.75) is 0 Å². The van der Waals surface area contributed by atoms with Crippen LogP contribution in [0.1, 0.15) is 10.5 Å². The minimum absolute atomic E-state index is 0.265. The maximum absolute atomic E-state index is 11.5. The highest BCUT2D eigenvalue weighted by Crippen LogP contribution is 2.35. The third-order valence-electron chi connectivity index (χ3n) is 2.12. The summed E-state index contributed by atoms with van der Waals surface area (Å²) in [7, 11) is 1.31. The molecule has 17 heavy (non-hydrogen) atoms. The monoisotopic (exact) mass is 287 g/mol. The van der Waals surface area contributed by atoms with Crippen LogP contribution in [-0.4, -0.2) is 18.1 Å². The summed E-state index contributed by atoms with van der Waals surface area (Å²) >= 11 is 13.2. The Morgan fingerprint density at radius 1 is 1.41 bits per heavy atom. The summed E-state index contributed by atoms with van der Waals surface area (Å²) < 4.78 is 4.66. The largest absolute Gasteiger partial charge is 0.464 e. The van der Waals surface area contributed by atoms with Gasteiger partial charge in [0.25, 0.3) is 0 Å². The number of methoxy groups -OCH3 is 1. The average molecular weight is 288 g/mol. The molecule has 0 aliphatic carbocycles. The van der Waals surface area contributed by atoms with Gasteiger partial charge < -0.3 is 4.74 Å². The summed E-state index contributed by atoms with van der Waals surface area (Å²) in [6.07, 6.45) is 0. The Hall–Kier alpha value is -1.10. The van der Waals surface area contributed by atoms with Crippen LogP contribution in [0.5, 0.6) is 0 Å². The van der Waals surface area contributed by atoms with Crippen LogP contribution in [0.4, 0.5) is 0 Å². The van der Waals surface area contributed by atoms with Gasteiger partial charge in [0.1, 0.15) is 0 Å². The quantitative estimate of drug-likeness (QED) is 0.787. The highest BCUT2D eigenvalue weighted by atomic mass is 35.5. The molecule has 0 fully saturated rings. The normalized spacial score (nSPS) is 10.3. The number of hydrogen-bond acceptors (Lipinski definition) is 4. The lowest BCUT2D eigenvalue weighted by molar-refractivity contribution is 0.0596. The van der Waals surface area contributed by atoms with Gasteiger partial charge in [0.15, 0.2) is 5.69 Å². The summed E-state index contributed by atoms with van der Waals surface area (Å²) in [5.74, 6) is -0.479. The van der Waals surface area contributed by atoms with E-state index in [2.05, 4.69) is 9.72 Å². The Morgan fingerprint density at radius 3 is 2.82 bits per heavy atom. The minimum Gasteiger partial charge on any atom is -0.464 e. The van der Waals surface area contributed by atoms with Gasteiger partial charge in [-0.05, 0) is 12.1 Å². The van der Waals surface area contributed by atoms with E-state index in [1.807, 2.05) is 0 Å². The summed E-state index contributed by atoms with van der Waals surface area (Å²) in [5.41, 5.74) is 2.56. The van der Waals surface area contributed by atoms with Crippen molar-refractivity contribution in [2.75, 3.05) is 7.11 Å². The van der Waals surface area contributed by atoms with Crippen molar-refractivity contribution < 1.29 is 9.53 Å². The Bertz CT molecular complexity index is 568. The molecule has 0 N–H and O–H groups in total. The maximum atomic E-state index is 11.5. The van der Waals surface area contributed by atoms with E-state index in [0.29, 0.717) is 14.9 Å². The first kappa shape index (κ1) is 12.4. The van der Waals surface area contributed by atoms with Crippen molar-refractivity contribution in [1.82, 2.24) is 4.98 Å². The summed E-state index contributed by atoms with van der Waals surface area (Å²) in [5, 5.41) is 1.02. The van der Waals surface area contributed by atoms with E-state index >= 15 is 0 Å². The van der Waals surface area contributed by atoms with Gasteiger partial charge in [0, 0.05) is 10.6 Å². The fourth-order valence-electron chi connectivity index (χ4n) is 1.35. The lowest BCUT2D eigenvalue weighted by Gasteiger charge is -2.04. The Kier molecular flexibility index (Phi) is 3.66. The van der Waals surface area contributed by atoms with E-state index in [-0.39, 0.29) is 5.69 Å². The van der Waals surface area contributed by atoms with E-state index in [1.165, 1.54) is 18.4 Å². The molecule has 6 heteroatoms. The van der Waals surface area contributed by atoms with E-state index in [0.717, 1.165) is 5.56 Å². The number of halogens is 2. The van der Waals surface area contributed by atoms with Crippen LogP contribution in [0.25, 0.3) is 10.4 Å². The lowest BCUT2D eigenvalue weighted by atomic mass is 10.1. The number of rotatable bonds is 2. The summed E-state index contributed by atoms with van der Waals surface area (Å²) in [6, 6.07) is 5.09. The SMILES string of the molecule is COC(=O)c1ncsc1-c1ccc(Cl)cc1Cl. The third-order valence-corrected chi connectivity index (χ3v) is 3.53. The van der Waals surface area contributed by atoms with Crippen molar-refractivity contribution in [3.63, 3.8) is 0 Å². The van der Waals surface area contributed by atoms with Gasteiger partial charge in [-0.1, -0.05) is 29.3 Å². The first-order valence-electron chi connectivity index (χ1n) is 4.60. The molecule has 0 aliphatic rings. The first-order valence-corrected chi connectivity index (χ1v) is 6.24. The highest BCUT2D eigenvalue weighted by molar-refractivity contribution is 7.13. The Morgan fingerprint density at radius 2 is 2.18 bits per heavy atom. The molecule has 88 valence electrons. The molecule has 3 nitrogen and oxygen atoms in total. The molecular formula is C11H7Cl2NO2S. The van der Waals surface area contributed by atoms with Crippen molar-refractivity contribution in [3.8, 4) is 10.4 Å². The van der Waals surface area contributed by atoms with E-state index in [9.17, 15) is 4.79 Å². The molecule has 0 saturated carbocycles. The molecule has 0 aliphatic heterocycles. The Labute approximate surface area is 112 Å². The molecule has 2 rings (SSSR count). The number of ether oxygens (including phenoxy) is 1. The second-order valence-electron chi connectivity index (χ2n) is 3.15. The third kappa shape index (κ3) is 2.44. The molecule has 0 spiro atoms. The van der Waals surface area contributed by atoms with Crippen LogP contribution in [0, 0.1) is 0 Å². The van der Waals surface area contributed by atoms with Crippen LogP contribution < -0.4 is 0 Å². The molecule has 0 radical (unpaired) electrons. The molecule has 1 aromatic carbocycles.